The molecule has 42 heavy (non-hydrogen) atoms. The van der Waals surface area contributed by atoms with Crippen LogP contribution in [-0.4, -0.2) is 55.4 Å². The van der Waals surface area contributed by atoms with E-state index < -0.39 is 17.7 Å². The second-order valence-electron chi connectivity index (χ2n) is 9.73. The topological polar surface area (TPSA) is 82.2 Å². The molecule has 4 aromatic rings. The van der Waals surface area contributed by atoms with Crippen LogP contribution in [0.5, 0.6) is 17.5 Å². The van der Waals surface area contributed by atoms with Gasteiger partial charge in [0.1, 0.15) is 30.6 Å². The molecule has 1 fully saturated rings. The van der Waals surface area contributed by atoms with Crippen LogP contribution in [0.15, 0.2) is 84.9 Å². The van der Waals surface area contributed by atoms with Crippen molar-refractivity contribution in [3.8, 4) is 28.6 Å². The van der Waals surface area contributed by atoms with Crippen LogP contribution in [0.25, 0.3) is 11.1 Å². The summed E-state index contributed by atoms with van der Waals surface area (Å²) >= 11 is 0. The number of pyridine rings is 1. The first-order valence-corrected chi connectivity index (χ1v) is 13.5. The molecule has 3 aromatic carbocycles. The highest BCUT2D eigenvalue weighted by atomic mass is 19.1. The van der Waals surface area contributed by atoms with Crippen LogP contribution in [0.1, 0.15) is 11.1 Å². The van der Waals surface area contributed by atoms with E-state index in [0.717, 1.165) is 23.3 Å². The minimum absolute atomic E-state index is 0.00281. The van der Waals surface area contributed by atoms with Gasteiger partial charge in [-0.25, -0.2) is 13.6 Å². The van der Waals surface area contributed by atoms with Gasteiger partial charge >= 0.3 is 6.09 Å². The fourth-order valence-corrected chi connectivity index (χ4v) is 4.60. The number of nitrogens with one attached hydrogen (secondary N) is 1. The lowest BCUT2D eigenvalue weighted by Crippen LogP contribution is -2.54. The molecular formula is C32H31F2N3O5. The Morgan fingerprint density at radius 2 is 1.57 bits per heavy atom. The first-order chi connectivity index (χ1) is 20.5. The zero-order chi connectivity index (χ0) is 29.3. The van der Waals surface area contributed by atoms with E-state index in [9.17, 15) is 4.79 Å². The summed E-state index contributed by atoms with van der Waals surface area (Å²) in [5.41, 5.74) is 1.52. The second-order valence-corrected chi connectivity index (χ2v) is 9.73. The number of methoxy groups -OCH3 is 1. The zero-order valence-corrected chi connectivity index (χ0v) is 23.1. The molecule has 0 saturated carbocycles. The smallest absolute Gasteiger partial charge is 0.415 e. The van der Waals surface area contributed by atoms with Crippen molar-refractivity contribution in [2.75, 3.05) is 33.4 Å². The number of hydrogen-bond donors (Lipinski definition) is 1. The Morgan fingerprint density at radius 1 is 0.929 bits per heavy atom. The fourth-order valence-electron chi connectivity index (χ4n) is 4.60. The molecule has 218 valence electrons. The normalized spacial score (nSPS) is 14.8. The van der Waals surface area contributed by atoms with Crippen molar-refractivity contribution in [1.82, 2.24) is 15.2 Å². The average molecular weight is 576 g/mol. The first-order valence-electron chi connectivity index (χ1n) is 13.5. The SMILES string of the molecule is COCC1CN(C(=O)Oc2cc(F)c(-c3ccc(OCc4ccccc4)nc3OCc3ccccc3)c(F)c2)CCN1. The van der Waals surface area contributed by atoms with Crippen molar-refractivity contribution >= 4 is 6.09 Å². The van der Waals surface area contributed by atoms with Gasteiger partial charge in [-0.1, -0.05) is 60.7 Å². The lowest BCUT2D eigenvalue weighted by molar-refractivity contribution is 0.104. The Balaban J connectivity index is 1.37. The number of rotatable bonds is 10. The molecule has 1 amide bonds. The molecule has 10 heteroatoms. The van der Waals surface area contributed by atoms with Gasteiger partial charge in [-0.05, 0) is 17.2 Å². The summed E-state index contributed by atoms with van der Waals surface area (Å²) in [6.45, 7) is 2.09. The third-order valence-electron chi connectivity index (χ3n) is 6.65. The van der Waals surface area contributed by atoms with Crippen LogP contribution in [-0.2, 0) is 18.0 Å². The van der Waals surface area contributed by atoms with Gasteiger partial charge in [0.2, 0.25) is 11.8 Å². The van der Waals surface area contributed by atoms with Gasteiger partial charge in [-0.2, -0.15) is 4.98 Å². The van der Waals surface area contributed by atoms with Gasteiger partial charge in [0, 0.05) is 51.0 Å². The maximum atomic E-state index is 15.5. The second kappa shape index (κ2) is 13.9. The summed E-state index contributed by atoms with van der Waals surface area (Å²) in [6, 6.07) is 23.8. The monoisotopic (exact) mass is 575 g/mol. The molecule has 0 spiro atoms. The number of halogens is 2. The van der Waals surface area contributed by atoms with E-state index in [2.05, 4.69) is 10.3 Å². The standard InChI is InChI=1S/C32H31F2N3O5/c1-39-21-24-18-37(15-14-35-24)32(38)42-25-16-27(33)30(28(34)17-25)26-12-13-29(40-19-22-8-4-2-5-9-22)36-31(26)41-20-23-10-6-3-7-11-23/h2-13,16-17,24,35H,14-15,18-21H2,1H3. The summed E-state index contributed by atoms with van der Waals surface area (Å²) in [7, 11) is 1.57. The number of carbonyl (C=O) groups is 1. The molecule has 5 rings (SSSR count). The van der Waals surface area contributed by atoms with Gasteiger partial charge in [-0.15, -0.1) is 0 Å². The molecule has 0 aliphatic carbocycles. The zero-order valence-electron chi connectivity index (χ0n) is 23.1. The summed E-state index contributed by atoms with van der Waals surface area (Å²) in [5, 5.41) is 3.24. The number of ether oxygens (including phenoxy) is 4. The summed E-state index contributed by atoms with van der Waals surface area (Å²) < 4.78 is 53.2. The molecule has 1 N–H and O–H groups in total. The van der Waals surface area contributed by atoms with Crippen molar-refractivity contribution in [3.05, 3.63) is 108 Å². The van der Waals surface area contributed by atoms with Gasteiger partial charge < -0.3 is 29.2 Å². The third-order valence-corrected chi connectivity index (χ3v) is 6.65. The van der Waals surface area contributed by atoms with Crippen molar-refractivity contribution in [1.29, 1.82) is 0 Å². The fraction of sp³-hybridized carbons (Fsp3) is 0.250. The van der Waals surface area contributed by atoms with E-state index >= 15 is 8.78 Å². The highest BCUT2D eigenvalue weighted by Gasteiger charge is 2.26. The van der Waals surface area contributed by atoms with Crippen LogP contribution >= 0.6 is 0 Å². The Bertz CT molecular complexity index is 1470. The molecule has 1 aliphatic heterocycles. The van der Waals surface area contributed by atoms with E-state index in [1.54, 1.807) is 7.11 Å². The minimum Gasteiger partial charge on any atom is -0.473 e. The van der Waals surface area contributed by atoms with Crippen molar-refractivity contribution < 1.29 is 32.5 Å². The number of piperazine rings is 1. The van der Waals surface area contributed by atoms with Crippen LogP contribution < -0.4 is 19.5 Å². The lowest BCUT2D eigenvalue weighted by atomic mass is 10.1. The van der Waals surface area contributed by atoms with E-state index in [0.29, 0.717) is 26.2 Å². The highest BCUT2D eigenvalue weighted by molar-refractivity contribution is 5.74. The van der Waals surface area contributed by atoms with Crippen LogP contribution in [0.3, 0.4) is 0 Å². The summed E-state index contributed by atoms with van der Waals surface area (Å²) in [4.78, 5) is 18.6. The predicted molar refractivity (Wildman–Crippen MR) is 152 cm³/mol. The highest BCUT2D eigenvalue weighted by Crippen LogP contribution is 2.36. The number of aromatic nitrogens is 1. The molecule has 1 unspecified atom stereocenters. The molecule has 0 bridgehead atoms. The molecule has 1 saturated heterocycles. The molecule has 2 heterocycles. The predicted octanol–water partition coefficient (Wildman–Crippen LogP) is 5.60. The molecule has 8 nitrogen and oxygen atoms in total. The number of nitrogens with zero attached hydrogens (tertiary/aromatic N) is 2. The van der Waals surface area contributed by atoms with Crippen molar-refractivity contribution in [2.24, 2.45) is 0 Å². The molecule has 0 radical (unpaired) electrons. The molecule has 1 aromatic heterocycles. The van der Waals surface area contributed by atoms with Crippen molar-refractivity contribution in [3.63, 3.8) is 0 Å². The van der Waals surface area contributed by atoms with Gasteiger partial charge in [0.15, 0.2) is 0 Å². The van der Waals surface area contributed by atoms with E-state index in [1.165, 1.54) is 17.0 Å². The number of amides is 1. The summed E-state index contributed by atoms with van der Waals surface area (Å²) in [5.74, 6) is -1.88. The number of carbonyl (C=O) groups excluding carboxylic acids is 1. The molecule has 1 aliphatic rings. The lowest BCUT2D eigenvalue weighted by Gasteiger charge is -2.32. The maximum absolute atomic E-state index is 15.5. The first kappa shape index (κ1) is 29.0. The summed E-state index contributed by atoms with van der Waals surface area (Å²) in [6.07, 6.45) is -0.697. The molecule has 1 atom stereocenters. The van der Waals surface area contributed by atoms with E-state index in [4.69, 9.17) is 18.9 Å². The van der Waals surface area contributed by atoms with Gasteiger partial charge in [-0.3, -0.25) is 0 Å². The van der Waals surface area contributed by atoms with Gasteiger partial charge in [0.05, 0.1) is 17.7 Å². The van der Waals surface area contributed by atoms with E-state index in [-0.39, 0.29) is 47.9 Å². The molecular weight excluding hydrogens is 544 g/mol. The van der Waals surface area contributed by atoms with Crippen LogP contribution in [0.4, 0.5) is 13.6 Å². The maximum Gasteiger partial charge on any atom is 0.415 e. The quantitative estimate of drug-likeness (QED) is 0.264. The largest absolute Gasteiger partial charge is 0.473 e. The Kier molecular flexibility index (Phi) is 9.58. The minimum atomic E-state index is -0.931. The van der Waals surface area contributed by atoms with Crippen LogP contribution in [0, 0.1) is 11.6 Å². The number of benzene rings is 3. The van der Waals surface area contributed by atoms with Crippen molar-refractivity contribution in [2.45, 2.75) is 19.3 Å². The Labute approximate surface area is 242 Å². The third kappa shape index (κ3) is 7.39. The average Bonchev–Trinajstić information content (AvgIpc) is 3.00. The van der Waals surface area contributed by atoms with Crippen LogP contribution in [0.2, 0.25) is 0 Å². The van der Waals surface area contributed by atoms with E-state index in [1.807, 2.05) is 60.7 Å². The van der Waals surface area contributed by atoms with Gasteiger partial charge in [0.25, 0.3) is 0 Å². The number of hydrogen-bond acceptors (Lipinski definition) is 7. The Morgan fingerprint density at radius 3 is 2.21 bits per heavy atom. The Hall–Kier alpha value is -4.54.